The number of methoxy groups -OCH3 is 1. The van der Waals surface area contributed by atoms with Crippen molar-refractivity contribution in [3.8, 4) is 5.75 Å². The zero-order valence-electron chi connectivity index (χ0n) is 12.3. The van der Waals surface area contributed by atoms with Gasteiger partial charge in [0.25, 0.3) is 0 Å². The Hall–Kier alpha value is -1.82. The van der Waals surface area contributed by atoms with Gasteiger partial charge in [-0.3, -0.25) is 4.79 Å². The lowest BCUT2D eigenvalue weighted by Gasteiger charge is -2.22. The van der Waals surface area contributed by atoms with E-state index in [1.54, 1.807) is 44.2 Å². The van der Waals surface area contributed by atoms with Crippen LogP contribution in [0, 0.1) is 0 Å². The Balaban J connectivity index is 3.00. The lowest BCUT2D eigenvalue weighted by Crippen LogP contribution is -2.39. The second-order valence-electron chi connectivity index (χ2n) is 4.49. The molecule has 5 nitrogen and oxygen atoms in total. The molecule has 0 heterocycles. The highest BCUT2D eigenvalue weighted by Gasteiger charge is 2.18. The van der Waals surface area contributed by atoms with Crippen molar-refractivity contribution >= 4 is 28.8 Å². The van der Waals surface area contributed by atoms with Crippen molar-refractivity contribution in [2.75, 3.05) is 26.0 Å². The van der Waals surface area contributed by atoms with Crippen molar-refractivity contribution in [3.63, 3.8) is 0 Å². The fraction of sp³-hybridized carbons (Fsp3) is 0.429. The van der Waals surface area contributed by atoms with Crippen LogP contribution in [0.25, 0.3) is 0 Å². The average molecular weight is 295 g/mol. The summed E-state index contributed by atoms with van der Waals surface area (Å²) in [5, 5.41) is 3.14. The Morgan fingerprint density at radius 1 is 1.55 bits per heavy atom. The van der Waals surface area contributed by atoms with Crippen LogP contribution in [0.15, 0.2) is 18.2 Å². The number of anilines is 1. The molecule has 0 aromatic heterocycles. The molecule has 1 aromatic carbocycles. The first-order valence-electron chi connectivity index (χ1n) is 6.40. The van der Waals surface area contributed by atoms with Crippen LogP contribution in [0.2, 0.25) is 0 Å². The average Bonchev–Trinajstić information content (AvgIpc) is 2.44. The topological polar surface area (TPSA) is 67.6 Å². The molecule has 0 aliphatic rings. The molecule has 1 unspecified atom stereocenters. The molecule has 0 radical (unpaired) electrons. The Morgan fingerprint density at radius 3 is 2.70 bits per heavy atom. The molecule has 0 spiro atoms. The predicted octanol–water partition coefficient (Wildman–Crippen LogP) is 1.61. The number of rotatable bonds is 6. The first kappa shape index (κ1) is 16.2. The summed E-state index contributed by atoms with van der Waals surface area (Å²) in [4.78, 5) is 14.0. The predicted molar refractivity (Wildman–Crippen MR) is 85.3 cm³/mol. The van der Waals surface area contributed by atoms with Crippen LogP contribution >= 0.6 is 12.2 Å². The smallest absolute Gasteiger partial charge is 0.244 e. The van der Waals surface area contributed by atoms with Crippen LogP contribution in [0.5, 0.6) is 5.75 Å². The summed E-state index contributed by atoms with van der Waals surface area (Å²) in [5.41, 5.74) is 7.09. The Kier molecular flexibility index (Phi) is 5.76. The van der Waals surface area contributed by atoms with Gasteiger partial charge in [-0.2, -0.15) is 0 Å². The number of hydrogen-bond donors (Lipinski definition) is 2. The molecule has 20 heavy (non-hydrogen) atoms. The van der Waals surface area contributed by atoms with Gasteiger partial charge in [0, 0.05) is 30.9 Å². The summed E-state index contributed by atoms with van der Waals surface area (Å²) < 4.78 is 5.18. The van der Waals surface area contributed by atoms with E-state index < -0.39 is 0 Å². The van der Waals surface area contributed by atoms with Gasteiger partial charge in [-0.05, 0) is 26.0 Å². The van der Waals surface area contributed by atoms with Crippen LogP contribution in [0.4, 0.5) is 5.69 Å². The molecule has 6 heteroatoms. The fourth-order valence-corrected chi connectivity index (χ4v) is 1.94. The van der Waals surface area contributed by atoms with Crippen LogP contribution < -0.4 is 15.8 Å². The van der Waals surface area contributed by atoms with Gasteiger partial charge in [-0.25, -0.2) is 0 Å². The number of amides is 1. The standard InChI is InChI=1S/C14H21N3O2S/c1-5-17(3)14(18)9(2)16-12-8-10(19-4)6-7-11(12)13(15)20/h6-9,16H,5H2,1-4H3,(H2,15,20). The molecule has 1 aromatic rings. The molecule has 110 valence electrons. The first-order chi connectivity index (χ1) is 9.40. The minimum atomic E-state index is -0.375. The third-order valence-electron chi connectivity index (χ3n) is 3.09. The largest absolute Gasteiger partial charge is 0.497 e. The fourth-order valence-electron chi connectivity index (χ4n) is 1.77. The highest BCUT2D eigenvalue weighted by Crippen LogP contribution is 2.23. The Morgan fingerprint density at radius 2 is 2.20 bits per heavy atom. The highest BCUT2D eigenvalue weighted by atomic mass is 32.1. The summed E-state index contributed by atoms with van der Waals surface area (Å²) in [6.07, 6.45) is 0. The second kappa shape index (κ2) is 7.09. The number of nitrogens with two attached hydrogens (primary N) is 1. The molecular formula is C14H21N3O2S. The van der Waals surface area contributed by atoms with Gasteiger partial charge in [0.2, 0.25) is 5.91 Å². The van der Waals surface area contributed by atoms with E-state index in [1.807, 2.05) is 6.92 Å². The monoisotopic (exact) mass is 295 g/mol. The molecule has 3 N–H and O–H groups in total. The number of likely N-dealkylation sites (N-methyl/N-ethyl adjacent to an activating group) is 1. The molecule has 1 amide bonds. The van der Waals surface area contributed by atoms with Crippen molar-refractivity contribution < 1.29 is 9.53 Å². The van der Waals surface area contributed by atoms with Crippen molar-refractivity contribution in [1.29, 1.82) is 0 Å². The van der Waals surface area contributed by atoms with Crippen molar-refractivity contribution in [3.05, 3.63) is 23.8 Å². The lowest BCUT2D eigenvalue weighted by molar-refractivity contribution is -0.130. The van der Waals surface area contributed by atoms with E-state index in [0.717, 1.165) is 0 Å². The normalized spacial score (nSPS) is 11.6. The molecule has 0 saturated carbocycles. The lowest BCUT2D eigenvalue weighted by atomic mass is 10.1. The van der Waals surface area contributed by atoms with Crippen molar-refractivity contribution in [2.45, 2.75) is 19.9 Å². The van der Waals surface area contributed by atoms with Crippen LogP contribution in [0.3, 0.4) is 0 Å². The Bertz CT molecular complexity index is 505. The van der Waals surface area contributed by atoms with E-state index in [4.69, 9.17) is 22.7 Å². The molecular weight excluding hydrogens is 274 g/mol. The van der Waals surface area contributed by atoms with Crippen LogP contribution in [-0.2, 0) is 4.79 Å². The Labute approximate surface area is 125 Å². The quantitative estimate of drug-likeness (QED) is 0.780. The number of nitrogens with zero attached hydrogens (tertiary/aromatic N) is 1. The minimum Gasteiger partial charge on any atom is -0.497 e. The molecule has 1 atom stereocenters. The summed E-state index contributed by atoms with van der Waals surface area (Å²) in [7, 11) is 3.35. The molecule has 1 rings (SSSR count). The van der Waals surface area contributed by atoms with Gasteiger partial charge < -0.3 is 20.7 Å². The van der Waals surface area contributed by atoms with Gasteiger partial charge in [0.15, 0.2) is 0 Å². The SMILES string of the molecule is CCN(C)C(=O)C(C)Nc1cc(OC)ccc1C(N)=S. The third kappa shape index (κ3) is 3.84. The van der Waals surface area contributed by atoms with Gasteiger partial charge in [-0.1, -0.05) is 12.2 Å². The maximum atomic E-state index is 12.1. The number of thiocarbonyl (C=S) groups is 1. The molecule has 0 aliphatic carbocycles. The van der Waals surface area contributed by atoms with Gasteiger partial charge in [0.05, 0.1) is 7.11 Å². The number of hydrogen-bond acceptors (Lipinski definition) is 4. The molecule has 0 saturated heterocycles. The maximum Gasteiger partial charge on any atom is 0.244 e. The minimum absolute atomic E-state index is 0.00390. The highest BCUT2D eigenvalue weighted by molar-refractivity contribution is 7.80. The maximum absolute atomic E-state index is 12.1. The van der Waals surface area contributed by atoms with Crippen molar-refractivity contribution in [1.82, 2.24) is 4.90 Å². The zero-order valence-corrected chi connectivity index (χ0v) is 13.1. The number of ether oxygens (including phenoxy) is 1. The number of benzene rings is 1. The van der Waals surface area contributed by atoms with E-state index >= 15 is 0 Å². The third-order valence-corrected chi connectivity index (χ3v) is 3.31. The van der Waals surface area contributed by atoms with E-state index in [9.17, 15) is 4.79 Å². The summed E-state index contributed by atoms with van der Waals surface area (Å²) >= 11 is 5.02. The van der Waals surface area contributed by atoms with E-state index in [-0.39, 0.29) is 16.9 Å². The van der Waals surface area contributed by atoms with Gasteiger partial charge in [-0.15, -0.1) is 0 Å². The number of carbonyl (C=O) groups excluding carboxylic acids is 1. The molecule has 0 fully saturated rings. The van der Waals surface area contributed by atoms with E-state index in [1.165, 1.54) is 0 Å². The van der Waals surface area contributed by atoms with Crippen LogP contribution in [-0.4, -0.2) is 42.5 Å². The molecule has 0 bridgehead atoms. The number of carbonyl (C=O) groups is 1. The van der Waals surface area contributed by atoms with E-state index in [0.29, 0.717) is 23.5 Å². The zero-order chi connectivity index (χ0) is 15.3. The van der Waals surface area contributed by atoms with E-state index in [2.05, 4.69) is 5.32 Å². The summed E-state index contributed by atoms with van der Waals surface area (Å²) in [6, 6.07) is 4.97. The number of nitrogens with one attached hydrogen (secondary N) is 1. The van der Waals surface area contributed by atoms with Gasteiger partial charge >= 0.3 is 0 Å². The summed E-state index contributed by atoms with van der Waals surface area (Å²) in [5.74, 6) is 0.681. The first-order valence-corrected chi connectivity index (χ1v) is 6.80. The summed E-state index contributed by atoms with van der Waals surface area (Å²) in [6.45, 7) is 4.39. The van der Waals surface area contributed by atoms with Crippen molar-refractivity contribution in [2.24, 2.45) is 5.73 Å². The van der Waals surface area contributed by atoms with Gasteiger partial charge in [0.1, 0.15) is 16.8 Å². The second-order valence-corrected chi connectivity index (χ2v) is 4.93. The van der Waals surface area contributed by atoms with Crippen LogP contribution in [0.1, 0.15) is 19.4 Å². The molecule has 0 aliphatic heterocycles.